The van der Waals surface area contributed by atoms with Crippen molar-refractivity contribution < 1.29 is 86.5 Å². The van der Waals surface area contributed by atoms with Crippen LogP contribution in [0.4, 0.5) is 0 Å². The van der Waals surface area contributed by atoms with Gasteiger partial charge < -0.3 is 48.1 Å². The average molecular weight is 1220 g/mol. The number of fused-ring (bicyclic) bond motifs is 22. The van der Waals surface area contributed by atoms with E-state index in [1.807, 2.05) is 27.7 Å². The van der Waals surface area contributed by atoms with Crippen molar-refractivity contribution in [2.24, 2.45) is 118 Å². The lowest BCUT2D eigenvalue weighted by molar-refractivity contribution is -0.180. The van der Waals surface area contributed by atoms with E-state index < -0.39 is 23.4 Å². The monoisotopic (exact) mass is 1220 g/mol. The minimum atomic E-state index is -0.760. The van der Waals surface area contributed by atoms with E-state index in [0.29, 0.717) is 135 Å². The largest absolute Gasteiger partial charge is 0.463 e. The third-order valence-electron chi connectivity index (χ3n) is 24.2. The van der Waals surface area contributed by atoms with Gasteiger partial charge in [-0.05, 0) is 212 Å². The first-order chi connectivity index (χ1) is 42.1. The van der Waals surface area contributed by atoms with E-state index in [0.717, 1.165) is 62.2 Å². The second-order valence-corrected chi connectivity index (χ2v) is 30.4. The molecule has 16 rings (SSSR count). The van der Waals surface area contributed by atoms with Crippen LogP contribution in [0.1, 0.15) is 156 Å². The molecule has 4 aliphatic heterocycles. The highest BCUT2D eigenvalue weighted by Crippen LogP contribution is 2.68. The lowest BCUT2D eigenvalue weighted by atomic mass is 9.69. The Morgan fingerprint density at radius 1 is 0.432 bits per heavy atom. The zero-order valence-corrected chi connectivity index (χ0v) is 51.6. The number of allylic oxidation sites excluding steroid dienone is 8. The van der Waals surface area contributed by atoms with E-state index in [1.54, 1.807) is 0 Å². The second kappa shape index (κ2) is 24.7. The maximum atomic E-state index is 12.9. The predicted molar refractivity (Wildman–Crippen MR) is 312 cm³/mol. The molecule has 12 fully saturated rings. The van der Waals surface area contributed by atoms with Crippen LogP contribution in [-0.2, 0) is 76.3 Å². The zero-order valence-electron chi connectivity index (χ0n) is 51.6. The topological polar surface area (TPSA) is 251 Å². The second-order valence-electron chi connectivity index (χ2n) is 30.4. The molecule has 12 bridgehead atoms. The molecule has 4 saturated heterocycles. The molecule has 4 heterocycles. The molecular weight excluding hydrogens is 1130 g/mol. The van der Waals surface area contributed by atoms with Gasteiger partial charge in [-0.3, -0.25) is 38.4 Å². The predicted octanol–water partition coefficient (Wildman–Crippen LogP) is 8.61. The Morgan fingerprint density at radius 3 is 1.17 bits per heavy atom. The lowest BCUT2D eigenvalue weighted by Gasteiger charge is -2.37. The molecular formula is C70H92O18. The molecule has 16 aliphatic rings. The van der Waals surface area contributed by atoms with Crippen LogP contribution in [0.5, 0.6) is 0 Å². The van der Waals surface area contributed by atoms with E-state index in [4.69, 9.17) is 37.9 Å². The molecule has 0 aromatic rings. The normalized spacial score (nSPS) is 42.6. The van der Waals surface area contributed by atoms with Gasteiger partial charge in [0.15, 0.2) is 0 Å². The van der Waals surface area contributed by atoms with Crippen molar-refractivity contribution in [3.63, 3.8) is 0 Å². The van der Waals surface area contributed by atoms with Crippen LogP contribution in [0.3, 0.4) is 0 Å². The fourth-order valence-corrected chi connectivity index (χ4v) is 20.3. The summed E-state index contributed by atoms with van der Waals surface area (Å²) in [7, 11) is 0. The number of ether oxygens (including phenoxy) is 8. The molecule has 8 saturated carbocycles. The fraction of sp³-hybridized carbons (Fsp3) is 0.771. The van der Waals surface area contributed by atoms with Crippen LogP contribution in [-0.4, -0.2) is 119 Å². The summed E-state index contributed by atoms with van der Waals surface area (Å²) in [6, 6.07) is 0. The molecule has 480 valence electrons. The Balaban J connectivity index is 0.000000109. The summed E-state index contributed by atoms with van der Waals surface area (Å²) in [4.78, 5) is 94.4. The number of hydrogen-bond acceptors (Lipinski definition) is 18. The maximum absolute atomic E-state index is 12.9. The van der Waals surface area contributed by atoms with Crippen LogP contribution in [0.15, 0.2) is 48.6 Å². The Bertz CT molecular complexity index is 2850. The molecule has 0 radical (unpaired) electrons. The highest BCUT2D eigenvalue weighted by Gasteiger charge is 2.64. The summed E-state index contributed by atoms with van der Waals surface area (Å²) in [5, 5.41) is 19.9. The van der Waals surface area contributed by atoms with Gasteiger partial charge in [0, 0.05) is 38.5 Å². The Kier molecular flexibility index (Phi) is 17.3. The zero-order chi connectivity index (χ0) is 61.5. The highest BCUT2D eigenvalue weighted by atomic mass is 16.6. The van der Waals surface area contributed by atoms with Crippen molar-refractivity contribution >= 4 is 47.8 Å². The average Bonchev–Trinajstić information content (AvgIpc) is 2.11. The molecule has 12 aliphatic carbocycles. The number of aliphatic hydroxyl groups is 2. The van der Waals surface area contributed by atoms with Gasteiger partial charge in [0.2, 0.25) is 0 Å². The third-order valence-corrected chi connectivity index (χ3v) is 24.2. The van der Waals surface area contributed by atoms with E-state index >= 15 is 0 Å². The number of esters is 8. The van der Waals surface area contributed by atoms with E-state index in [1.165, 1.54) is 25.7 Å². The Morgan fingerprint density at radius 2 is 0.795 bits per heavy atom. The summed E-state index contributed by atoms with van der Waals surface area (Å²) in [6.45, 7) is 7.43. The van der Waals surface area contributed by atoms with Crippen molar-refractivity contribution in [3.05, 3.63) is 48.6 Å². The minimum Gasteiger partial charge on any atom is -0.463 e. The van der Waals surface area contributed by atoms with Crippen molar-refractivity contribution in [3.8, 4) is 0 Å². The van der Waals surface area contributed by atoms with Gasteiger partial charge >= 0.3 is 47.8 Å². The van der Waals surface area contributed by atoms with Crippen LogP contribution >= 0.6 is 0 Å². The SMILES string of the molecule is CC(C)(OC(=O)C1CC2C=CC1C2)C1CCC(=O)O1.CC(C)(OC(=O)C1CC2CC1C1C3C=CC(C3)C21)C1CCC(=O)O1.O=C1CCC(CC(O)COC(=O)C2CC3C=CC2C3)O1.O=C1CCC(CC(O)COC(=O)C2CC3CC2C2C4C=CC(C4)C32)O1. The quantitative estimate of drug-likeness (QED) is 0.0635. The van der Waals surface area contributed by atoms with Crippen LogP contribution < -0.4 is 0 Å². The van der Waals surface area contributed by atoms with Gasteiger partial charge in [0.1, 0.15) is 48.8 Å². The third kappa shape index (κ3) is 12.5. The van der Waals surface area contributed by atoms with Gasteiger partial charge in [0.25, 0.3) is 0 Å². The summed E-state index contributed by atoms with van der Waals surface area (Å²) >= 11 is 0. The molecule has 26 atom stereocenters. The number of carbonyl (C=O) groups excluding carboxylic acids is 8. The van der Waals surface area contributed by atoms with Crippen molar-refractivity contribution in [2.75, 3.05) is 13.2 Å². The van der Waals surface area contributed by atoms with Crippen LogP contribution in [0.2, 0.25) is 0 Å². The molecule has 18 heteroatoms. The summed E-state index contributed by atoms with van der Waals surface area (Å²) < 4.78 is 42.9. The molecule has 26 unspecified atom stereocenters. The van der Waals surface area contributed by atoms with Crippen molar-refractivity contribution in [1.29, 1.82) is 0 Å². The highest BCUT2D eigenvalue weighted by molar-refractivity contribution is 5.77. The summed E-state index contributed by atoms with van der Waals surface area (Å²) in [5.74, 6) is 8.83. The van der Waals surface area contributed by atoms with Gasteiger partial charge in [0.05, 0.1) is 35.9 Å². The van der Waals surface area contributed by atoms with E-state index in [9.17, 15) is 48.6 Å². The molecule has 0 aromatic heterocycles. The minimum absolute atomic E-state index is 0.00798. The van der Waals surface area contributed by atoms with Gasteiger partial charge in [-0.15, -0.1) is 0 Å². The molecule has 18 nitrogen and oxygen atoms in total. The lowest BCUT2D eigenvalue weighted by Crippen LogP contribution is -2.44. The maximum Gasteiger partial charge on any atom is 0.310 e. The van der Waals surface area contributed by atoms with Gasteiger partial charge in [-0.1, -0.05) is 48.6 Å². The van der Waals surface area contributed by atoms with Gasteiger partial charge in [-0.2, -0.15) is 0 Å². The molecule has 2 N–H and O–H groups in total. The molecule has 0 spiro atoms. The van der Waals surface area contributed by atoms with E-state index in [2.05, 4.69) is 48.6 Å². The number of carbonyl (C=O) groups is 8. The first-order valence-electron chi connectivity index (χ1n) is 33.8. The number of cyclic esters (lactones) is 4. The number of rotatable bonds is 16. The number of aliphatic hydroxyl groups excluding tert-OH is 2. The van der Waals surface area contributed by atoms with Crippen molar-refractivity contribution in [2.45, 2.75) is 204 Å². The van der Waals surface area contributed by atoms with Gasteiger partial charge in [-0.25, -0.2) is 0 Å². The molecule has 0 aromatic carbocycles. The Labute approximate surface area is 516 Å². The van der Waals surface area contributed by atoms with Crippen LogP contribution in [0.25, 0.3) is 0 Å². The van der Waals surface area contributed by atoms with Crippen molar-refractivity contribution in [1.82, 2.24) is 0 Å². The van der Waals surface area contributed by atoms with Crippen LogP contribution in [0, 0.1) is 118 Å². The molecule has 88 heavy (non-hydrogen) atoms. The first-order valence-corrected chi connectivity index (χ1v) is 33.8. The molecule has 0 amide bonds. The standard InChI is InChI=1S/C20H26O5.C20H26O4.C15H20O5.C15H20O4/c21-13(8-14-3-4-17(22)25-14)9-24-20(23)16-7-12-6-15(16)19-11-2-1-10(5-11)18(12)19;1-20(2,15-5-6-16(21)23-15)24-19(22)14-9-12-8-13(14)18-11-4-3-10(7-11)17(12)18;16-11(7-12-3-4-14(17)20-12)8-19-15(18)13-6-9-1-2-10(13)5-9;1-15(2,12-5-6-13(16)18-12)19-14(17)11-8-9-3-4-10(11)7-9/h1-2,10-16,18-19,21H,3-9H2;3-4,10-15,17-18H,5-9H2,1-2H3;1-2,9-13,16H,3-8H2;3-4,9-12H,5-8H2,1-2H3. The first kappa shape index (κ1) is 61.5. The number of hydrogen-bond donors (Lipinski definition) is 2. The fourth-order valence-electron chi connectivity index (χ4n) is 20.3. The summed E-state index contributed by atoms with van der Waals surface area (Å²) in [5.41, 5.74) is -1.45. The smallest absolute Gasteiger partial charge is 0.310 e. The summed E-state index contributed by atoms with van der Waals surface area (Å²) in [6.07, 6.45) is 31.5. The van der Waals surface area contributed by atoms with E-state index in [-0.39, 0.29) is 109 Å². The Hall–Kier alpha value is -5.36.